The van der Waals surface area contributed by atoms with E-state index in [0.29, 0.717) is 22.6 Å². The molecule has 0 unspecified atom stereocenters. The molecule has 1 amide bonds. The van der Waals surface area contributed by atoms with E-state index in [1.807, 2.05) is 13.8 Å². The van der Waals surface area contributed by atoms with Gasteiger partial charge in [-0.15, -0.1) is 0 Å². The van der Waals surface area contributed by atoms with Gasteiger partial charge in [0.25, 0.3) is 5.91 Å². The summed E-state index contributed by atoms with van der Waals surface area (Å²) in [6, 6.07) is 9.51. The Labute approximate surface area is 146 Å². The normalized spacial score (nSPS) is 11.6. The monoisotopic (exact) mass is 343 g/mol. The summed E-state index contributed by atoms with van der Waals surface area (Å²) in [5, 5.41) is 21.5. The molecule has 0 saturated heterocycles. The standard InChI is InChI=1S/C19H21NO5/c1-4-12(3)25-15-7-5-6-13(9-15)18(22)20-14-8-11(2)17(21)16(10-14)19(23)24/h5-10,12,21H,4H2,1-3H3,(H,20,22)(H,23,24)/t12-/m0/s1. The van der Waals surface area contributed by atoms with E-state index < -0.39 is 11.9 Å². The SMILES string of the molecule is CC[C@H](C)Oc1cccc(C(=O)Nc2cc(C)c(O)c(C(=O)O)c2)c1. The molecule has 3 N–H and O–H groups in total. The number of anilines is 1. The van der Waals surface area contributed by atoms with Crippen molar-refractivity contribution in [2.75, 3.05) is 5.32 Å². The highest BCUT2D eigenvalue weighted by atomic mass is 16.5. The van der Waals surface area contributed by atoms with E-state index in [0.717, 1.165) is 6.42 Å². The van der Waals surface area contributed by atoms with Crippen LogP contribution in [-0.4, -0.2) is 28.2 Å². The van der Waals surface area contributed by atoms with Gasteiger partial charge < -0.3 is 20.3 Å². The van der Waals surface area contributed by atoms with Gasteiger partial charge in [0, 0.05) is 11.3 Å². The van der Waals surface area contributed by atoms with Crippen molar-refractivity contribution >= 4 is 17.6 Å². The van der Waals surface area contributed by atoms with Crippen LogP contribution in [0.25, 0.3) is 0 Å². The second kappa shape index (κ2) is 7.70. The summed E-state index contributed by atoms with van der Waals surface area (Å²) in [7, 11) is 0. The number of carbonyl (C=O) groups is 2. The maximum absolute atomic E-state index is 12.4. The van der Waals surface area contributed by atoms with Gasteiger partial charge in [-0.3, -0.25) is 4.79 Å². The molecular weight excluding hydrogens is 322 g/mol. The zero-order chi connectivity index (χ0) is 18.6. The number of carbonyl (C=O) groups excluding carboxylic acids is 1. The predicted molar refractivity (Wildman–Crippen MR) is 94.6 cm³/mol. The second-order valence-corrected chi connectivity index (χ2v) is 5.81. The predicted octanol–water partition coefficient (Wildman–Crippen LogP) is 3.83. The number of amides is 1. The third kappa shape index (κ3) is 4.50. The molecule has 0 radical (unpaired) electrons. The summed E-state index contributed by atoms with van der Waals surface area (Å²) in [5.41, 5.74) is 0.794. The van der Waals surface area contributed by atoms with Crippen LogP contribution in [0, 0.1) is 6.92 Å². The number of nitrogens with one attached hydrogen (secondary N) is 1. The molecular formula is C19H21NO5. The molecule has 0 aliphatic rings. The van der Waals surface area contributed by atoms with Crippen molar-refractivity contribution in [2.45, 2.75) is 33.3 Å². The Morgan fingerprint density at radius 1 is 1.24 bits per heavy atom. The number of phenols is 1. The molecule has 25 heavy (non-hydrogen) atoms. The van der Waals surface area contributed by atoms with Gasteiger partial charge in [-0.05, 0) is 56.2 Å². The fourth-order valence-electron chi connectivity index (χ4n) is 2.24. The van der Waals surface area contributed by atoms with Gasteiger partial charge in [0.1, 0.15) is 17.1 Å². The average molecular weight is 343 g/mol. The van der Waals surface area contributed by atoms with Crippen molar-refractivity contribution in [2.24, 2.45) is 0 Å². The van der Waals surface area contributed by atoms with Crippen LogP contribution in [0.3, 0.4) is 0 Å². The first-order chi connectivity index (χ1) is 11.8. The number of carboxylic acid groups (broad SMARTS) is 1. The molecule has 0 aromatic heterocycles. The van der Waals surface area contributed by atoms with Gasteiger partial charge in [0.15, 0.2) is 0 Å². The van der Waals surface area contributed by atoms with E-state index in [2.05, 4.69) is 5.32 Å². The maximum Gasteiger partial charge on any atom is 0.339 e. The molecule has 6 nitrogen and oxygen atoms in total. The summed E-state index contributed by atoms with van der Waals surface area (Å²) >= 11 is 0. The van der Waals surface area contributed by atoms with Crippen LogP contribution in [0.15, 0.2) is 36.4 Å². The molecule has 0 aliphatic carbocycles. The van der Waals surface area contributed by atoms with E-state index in [-0.39, 0.29) is 17.4 Å². The molecule has 2 rings (SSSR count). The third-order valence-corrected chi connectivity index (χ3v) is 3.80. The summed E-state index contributed by atoms with van der Waals surface area (Å²) in [5.74, 6) is -1.37. The summed E-state index contributed by atoms with van der Waals surface area (Å²) < 4.78 is 5.70. The highest BCUT2D eigenvalue weighted by Crippen LogP contribution is 2.27. The molecule has 0 spiro atoms. The zero-order valence-electron chi connectivity index (χ0n) is 14.4. The molecule has 132 valence electrons. The van der Waals surface area contributed by atoms with Gasteiger partial charge in [-0.2, -0.15) is 0 Å². The smallest absolute Gasteiger partial charge is 0.339 e. The number of hydrogen-bond acceptors (Lipinski definition) is 4. The minimum absolute atomic E-state index is 0.0381. The lowest BCUT2D eigenvalue weighted by Crippen LogP contribution is -2.14. The van der Waals surface area contributed by atoms with Gasteiger partial charge >= 0.3 is 5.97 Å². The quantitative estimate of drug-likeness (QED) is 0.693. The molecule has 0 fully saturated rings. The van der Waals surface area contributed by atoms with E-state index in [1.165, 1.54) is 12.1 Å². The molecule has 0 saturated carbocycles. The van der Waals surface area contributed by atoms with Crippen molar-refractivity contribution in [3.8, 4) is 11.5 Å². The number of aryl methyl sites for hydroxylation is 1. The average Bonchev–Trinajstić information content (AvgIpc) is 2.57. The van der Waals surface area contributed by atoms with Gasteiger partial charge in [-0.25, -0.2) is 4.79 Å². The van der Waals surface area contributed by atoms with Crippen molar-refractivity contribution in [3.05, 3.63) is 53.1 Å². The number of carboxylic acids is 1. The molecule has 2 aromatic carbocycles. The van der Waals surface area contributed by atoms with Gasteiger partial charge in [0.05, 0.1) is 6.10 Å². The number of benzene rings is 2. The second-order valence-electron chi connectivity index (χ2n) is 5.81. The molecule has 0 aliphatic heterocycles. The number of ether oxygens (including phenoxy) is 1. The Morgan fingerprint density at radius 2 is 1.96 bits per heavy atom. The van der Waals surface area contributed by atoms with Crippen LogP contribution >= 0.6 is 0 Å². The fraction of sp³-hybridized carbons (Fsp3) is 0.263. The summed E-state index contributed by atoms with van der Waals surface area (Å²) in [6.07, 6.45) is 0.887. The van der Waals surface area contributed by atoms with Crippen molar-refractivity contribution < 1.29 is 24.5 Å². The Hall–Kier alpha value is -3.02. The summed E-state index contributed by atoms with van der Waals surface area (Å²) in [6.45, 7) is 5.52. The van der Waals surface area contributed by atoms with E-state index >= 15 is 0 Å². The van der Waals surface area contributed by atoms with Crippen molar-refractivity contribution in [1.82, 2.24) is 0 Å². The van der Waals surface area contributed by atoms with E-state index in [1.54, 1.807) is 31.2 Å². The van der Waals surface area contributed by atoms with Crippen molar-refractivity contribution in [1.29, 1.82) is 0 Å². The first-order valence-corrected chi connectivity index (χ1v) is 7.96. The molecule has 0 heterocycles. The molecule has 6 heteroatoms. The van der Waals surface area contributed by atoms with Crippen LogP contribution in [0.2, 0.25) is 0 Å². The first-order valence-electron chi connectivity index (χ1n) is 7.96. The lowest BCUT2D eigenvalue weighted by molar-refractivity contribution is 0.0693. The van der Waals surface area contributed by atoms with Crippen LogP contribution in [0.1, 0.15) is 46.5 Å². The first kappa shape index (κ1) is 18.3. The van der Waals surface area contributed by atoms with Crippen LogP contribution in [-0.2, 0) is 0 Å². The van der Waals surface area contributed by atoms with Crippen molar-refractivity contribution in [3.63, 3.8) is 0 Å². The highest BCUT2D eigenvalue weighted by Gasteiger charge is 2.15. The number of rotatable bonds is 6. The van der Waals surface area contributed by atoms with Crippen LogP contribution in [0.5, 0.6) is 11.5 Å². The van der Waals surface area contributed by atoms with E-state index in [9.17, 15) is 14.7 Å². The Balaban J connectivity index is 2.23. The largest absolute Gasteiger partial charge is 0.507 e. The Bertz CT molecular complexity index is 800. The highest BCUT2D eigenvalue weighted by molar-refractivity contribution is 6.05. The third-order valence-electron chi connectivity index (χ3n) is 3.80. The molecule has 2 aromatic rings. The molecule has 1 atom stereocenters. The molecule has 0 bridgehead atoms. The minimum Gasteiger partial charge on any atom is -0.507 e. The topological polar surface area (TPSA) is 95.9 Å². The van der Waals surface area contributed by atoms with Crippen LogP contribution in [0.4, 0.5) is 5.69 Å². The fourth-order valence-corrected chi connectivity index (χ4v) is 2.24. The number of aromatic hydroxyl groups is 1. The number of aromatic carboxylic acids is 1. The van der Waals surface area contributed by atoms with Gasteiger partial charge in [-0.1, -0.05) is 13.0 Å². The Morgan fingerprint density at radius 3 is 2.60 bits per heavy atom. The lowest BCUT2D eigenvalue weighted by atomic mass is 10.1. The van der Waals surface area contributed by atoms with E-state index in [4.69, 9.17) is 9.84 Å². The lowest BCUT2D eigenvalue weighted by Gasteiger charge is -2.14. The maximum atomic E-state index is 12.4. The summed E-state index contributed by atoms with van der Waals surface area (Å²) in [4.78, 5) is 23.6. The zero-order valence-corrected chi connectivity index (χ0v) is 14.4. The van der Waals surface area contributed by atoms with Crippen LogP contribution < -0.4 is 10.1 Å². The Kier molecular flexibility index (Phi) is 5.64. The number of hydrogen-bond donors (Lipinski definition) is 3. The van der Waals surface area contributed by atoms with Gasteiger partial charge in [0.2, 0.25) is 0 Å². The minimum atomic E-state index is -1.26.